The SMILES string of the molecule is C=C(C)C(=O)Nc1ccc(SC(N)C(=O)O)cc1. The van der Waals surface area contributed by atoms with E-state index in [0.29, 0.717) is 11.3 Å². The van der Waals surface area contributed by atoms with Crippen molar-refractivity contribution in [3.05, 3.63) is 36.4 Å². The number of rotatable bonds is 5. The van der Waals surface area contributed by atoms with Crippen LogP contribution in [0.15, 0.2) is 41.3 Å². The molecule has 1 rings (SSSR count). The summed E-state index contributed by atoms with van der Waals surface area (Å²) in [5.74, 6) is -1.32. The fraction of sp³-hybridized carbons (Fsp3) is 0.167. The van der Waals surface area contributed by atoms with Crippen molar-refractivity contribution in [3.8, 4) is 0 Å². The number of carbonyl (C=O) groups excluding carboxylic acids is 1. The summed E-state index contributed by atoms with van der Waals surface area (Å²) in [5.41, 5.74) is 6.43. The van der Waals surface area contributed by atoms with Crippen molar-refractivity contribution in [2.75, 3.05) is 5.32 Å². The van der Waals surface area contributed by atoms with Crippen LogP contribution in [-0.4, -0.2) is 22.4 Å². The zero-order valence-corrected chi connectivity index (χ0v) is 10.7. The van der Waals surface area contributed by atoms with Crippen LogP contribution in [0.4, 0.5) is 5.69 Å². The number of nitrogens with two attached hydrogens (primary N) is 1. The van der Waals surface area contributed by atoms with Crippen LogP contribution in [0.25, 0.3) is 0 Å². The van der Waals surface area contributed by atoms with E-state index in [2.05, 4.69) is 11.9 Å². The molecule has 0 spiro atoms. The van der Waals surface area contributed by atoms with Crippen LogP contribution in [0.3, 0.4) is 0 Å². The van der Waals surface area contributed by atoms with Crippen LogP contribution < -0.4 is 11.1 Å². The van der Waals surface area contributed by atoms with Crippen LogP contribution in [0.5, 0.6) is 0 Å². The highest BCUT2D eigenvalue weighted by Gasteiger charge is 2.12. The van der Waals surface area contributed by atoms with E-state index in [0.717, 1.165) is 16.7 Å². The van der Waals surface area contributed by atoms with Crippen LogP contribution in [0.2, 0.25) is 0 Å². The molecular weight excluding hydrogens is 252 g/mol. The number of hydrogen-bond donors (Lipinski definition) is 3. The number of hydrogen-bond acceptors (Lipinski definition) is 4. The van der Waals surface area contributed by atoms with Gasteiger partial charge in [-0.1, -0.05) is 18.3 Å². The maximum atomic E-state index is 11.4. The number of anilines is 1. The lowest BCUT2D eigenvalue weighted by atomic mass is 10.3. The van der Waals surface area contributed by atoms with Crippen molar-refractivity contribution in [2.24, 2.45) is 5.73 Å². The highest BCUT2D eigenvalue weighted by Crippen LogP contribution is 2.22. The summed E-state index contributed by atoms with van der Waals surface area (Å²) in [7, 11) is 0. The zero-order chi connectivity index (χ0) is 13.7. The molecule has 1 amide bonds. The molecule has 1 aromatic rings. The molecule has 0 fully saturated rings. The Morgan fingerprint density at radius 1 is 1.39 bits per heavy atom. The van der Waals surface area contributed by atoms with Gasteiger partial charge in [0.1, 0.15) is 0 Å². The molecule has 96 valence electrons. The number of nitrogens with one attached hydrogen (secondary N) is 1. The van der Waals surface area contributed by atoms with Crippen molar-refractivity contribution >= 4 is 29.3 Å². The first-order chi connectivity index (χ1) is 8.40. The minimum atomic E-state index is -1.07. The number of thioether (sulfide) groups is 1. The van der Waals surface area contributed by atoms with E-state index in [1.807, 2.05) is 0 Å². The van der Waals surface area contributed by atoms with Gasteiger partial charge in [-0.15, -0.1) is 0 Å². The summed E-state index contributed by atoms with van der Waals surface area (Å²) < 4.78 is 0. The van der Waals surface area contributed by atoms with Crippen molar-refractivity contribution in [1.29, 1.82) is 0 Å². The highest BCUT2D eigenvalue weighted by atomic mass is 32.2. The molecule has 4 N–H and O–H groups in total. The molecule has 5 nitrogen and oxygen atoms in total. The lowest BCUT2D eigenvalue weighted by molar-refractivity contribution is -0.136. The van der Waals surface area contributed by atoms with Crippen molar-refractivity contribution in [2.45, 2.75) is 17.2 Å². The third-order valence-electron chi connectivity index (χ3n) is 2.01. The Labute approximate surface area is 109 Å². The summed E-state index contributed by atoms with van der Waals surface area (Å²) in [4.78, 5) is 22.6. The van der Waals surface area contributed by atoms with Gasteiger partial charge in [-0.2, -0.15) is 0 Å². The van der Waals surface area contributed by atoms with E-state index in [1.54, 1.807) is 31.2 Å². The van der Waals surface area contributed by atoms with Crippen molar-refractivity contribution in [1.82, 2.24) is 0 Å². The smallest absolute Gasteiger partial charge is 0.331 e. The average Bonchev–Trinajstić information content (AvgIpc) is 2.31. The average molecular weight is 266 g/mol. The van der Waals surface area contributed by atoms with Crippen LogP contribution >= 0.6 is 11.8 Å². The van der Waals surface area contributed by atoms with Gasteiger partial charge in [0.05, 0.1) is 0 Å². The fourth-order valence-electron chi connectivity index (χ4n) is 1.05. The van der Waals surface area contributed by atoms with E-state index in [4.69, 9.17) is 10.8 Å². The quantitative estimate of drug-likeness (QED) is 0.428. The first-order valence-corrected chi connectivity index (χ1v) is 6.00. The number of carboxylic acids is 1. The number of carbonyl (C=O) groups is 2. The number of carboxylic acid groups (broad SMARTS) is 1. The summed E-state index contributed by atoms with van der Waals surface area (Å²) in [6.45, 7) is 5.15. The maximum absolute atomic E-state index is 11.4. The van der Waals surface area contributed by atoms with E-state index < -0.39 is 11.3 Å². The van der Waals surface area contributed by atoms with Crippen LogP contribution in [0.1, 0.15) is 6.92 Å². The molecule has 0 saturated carbocycles. The second kappa shape index (κ2) is 6.23. The third-order valence-corrected chi connectivity index (χ3v) is 3.01. The first kappa shape index (κ1) is 14.3. The van der Waals surface area contributed by atoms with E-state index >= 15 is 0 Å². The van der Waals surface area contributed by atoms with Gasteiger partial charge in [-0.05, 0) is 31.2 Å². The molecule has 0 aliphatic carbocycles. The van der Waals surface area contributed by atoms with E-state index in [-0.39, 0.29) is 5.91 Å². The molecule has 1 unspecified atom stereocenters. The molecule has 1 atom stereocenters. The number of benzene rings is 1. The molecule has 0 heterocycles. The molecule has 0 aliphatic heterocycles. The molecule has 0 radical (unpaired) electrons. The van der Waals surface area contributed by atoms with Gasteiger partial charge in [-0.3, -0.25) is 4.79 Å². The number of aliphatic carboxylic acids is 1. The second-order valence-corrected chi connectivity index (χ2v) is 4.85. The maximum Gasteiger partial charge on any atom is 0.331 e. The Morgan fingerprint density at radius 3 is 2.39 bits per heavy atom. The van der Waals surface area contributed by atoms with E-state index in [1.165, 1.54) is 0 Å². The molecule has 0 bridgehead atoms. The minimum Gasteiger partial charge on any atom is -0.479 e. The highest BCUT2D eigenvalue weighted by molar-refractivity contribution is 8.00. The molecule has 0 aromatic heterocycles. The summed E-state index contributed by atoms with van der Waals surface area (Å²) in [6, 6.07) is 6.75. The van der Waals surface area contributed by atoms with Gasteiger partial charge < -0.3 is 16.2 Å². The van der Waals surface area contributed by atoms with E-state index in [9.17, 15) is 9.59 Å². The van der Waals surface area contributed by atoms with Crippen molar-refractivity contribution < 1.29 is 14.7 Å². The standard InChI is InChI=1S/C12H14N2O3S/c1-7(2)11(15)14-8-3-5-9(6-4-8)18-10(13)12(16)17/h3-6,10H,1,13H2,2H3,(H,14,15)(H,16,17). The first-order valence-electron chi connectivity index (χ1n) is 5.12. The predicted octanol–water partition coefficient (Wildman–Crippen LogP) is 1.66. The summed E-state index contributed by atoms with van der Waals surface area (Å²) in [5, 5.41) is 10.3. The third kappa shape index (κ3) is 4.23. The van der Waals surface area contributed by atoms with Gasteiger partial charge >= 0.3 is 5.97 Å². The minimum absolute atomic E-state index is 0.252. The van der Waals surface area contributed by atoms with Crippen LogP contribution in [0, 0.1) is 0 Å². The Morgan fingerprint density at radius 2 is 1.94 bits per heavy atom. The zero-order valence-electron chi connectivity index (χ0n) is 9.84. The predicted molar refractivity (Wildman–Crippen MR) is 71.4 cm³/mol. The van der Waals surface area contributed by atoms with Gasteiger partial charge in [0.2, 0.25) is 0 Å². The molecule has 0 saturated heterocycles. The molecule has 0 aliphatic rings. The van der Waals surface area contributed by atoms with Gasteiger partial charge in [-0.25, -0.2) is 4.79 Å². The Kier molecular flexibility index (Phi) is 4.94. The Balaban J connectivity index is 2.66. The molecule has 18 heavy (non-hydrogen) atoms. The largest absolute Gasteiger partial charge is 0.479 e. The second-order valence-electron chi connectivity index (χ2n) is 3.64. The summed E-state index contributed by atoms with van der Waals surface area (Å²) in [6.07, 6.45) is 0. The van der Waals surface area contributed by atoms with Crippen LogP contribution in [-0.2, 0) is 9.59 Å². The lowest BCUT2D eigenvalue weighted by Crippen LogP contribution is -2.25. The van der Waals surface area contributed by atoms with Crippen molar-refractivity contribution in [3.63, 3.8) is 0 Å². The van der Waals surface area contributed by atoms with Gasteiger partial charge in [0, 0.05) is 16.2 Å². The topological polar surface area (TPSA) is 92.4 Å². The molecular formula is C12H14N2O3S. The normalized spacial score (nSPS) is 11.7. The Hall–Kier alpha value is -1.79. The summed E-state index contributed by atoms with van der Waals surface area (Å²) >= 11 is 1.03. The lowest BCUT2D eigenvalue weighted by Gasteiger charge is -2.08. The fourth-order valence-corrected chi connectivity index (χ4v) is 1.74. The molecule has 1 aromatic carbocycles. The molecule has 6 heteroatoms. The van der Waals surface area contributed by atoms with Gasteiger partial charge in [0.15, 0.2) is 5.37 Å². The van der Waals surface area contributed by atoms with Gasteiger partial charge in [0.25, 0.3) is 5.91 Å². The monoisotopic (exact) mass is 266 g/mol. The number of amides is 1. The Bertz CT molecular complexity index is 471.